The molecule has 1 aromatic heterocycles. The Morgan fingerprint density at radius 3 is 2.86 bits per heavy atom. The molecule has 0 fully saturated rings. The first kappa shape index (κ1) is 16.4. The van der Waals surface area contributed by atoms with Crippen molar-refractivity contribution in [2.45, 2.75) is 24.3 Å². The Hall–Kier alpha value is -0.990. The van der Waals surface area contributed by atoms with Gasteiger partial charge >= 0.3 is 0 Å². The standard InChI is InChI=1S/C13H15ClN2O3S2/c1-9(13-15-4-5-20-13)7-16-21(18,19)12-6-10(8-17)2-3-11(12)14/h2-6,9,16-17H,7-8H2,1H3. The van der Waals surface area contributed by atoms with Gasteiger partial charge in [-0.3, -0.25) is 0 Å². The van der Waals surface area contributed by atoms with Crippen molar-refractivity contribution >= 4 is 33.0 Å². The van der Waals surface area contributed by atoms with Gasteiger partial charge in [-0.1, -0.05) is 24.6 Å². The molecule has 0 aliphatic heterocycles. The summed E-state index contributed by atoms with van der Waals surface area (Å²) in [4.78, 5) is 4.13. The summed E-state index contributed by atoms with van der Waals surface area (Å²) in [6, 6.07) is 4.42. The van der Waals surface area contributed by atoms with Crippen LogP contribution in [-0.4, -0.2) is 25.1 Å². The van der Waals surface area contributed by atoms with Gasteiger partial charge in [0.05, 0.1) is 16.6 Å². The number of hydrogen-bond donors (Lipinski definition) is 2. The smallest absolute Gasteiger partial charge is 0.242 e. The molecule has 0 amide bonds. The molecule has 1 aromatic carbocycles. The molecular formula is C13H15ClN2O3S2. The fraction of sp³-hybridized carbons (Fsp3) is 0.308. The third-order valence-electron chi connectivity index (χ3n) is 2.92. The SMILES string of the molecule is CC(CNS(=O)(=O)c1cc(CO)ccc1Cl)c1nccs1. The minimum absolute atomic E-state index is 0.0259. The van der Waals surface area contributed by atoms with Crippen LogP contribution in [-0.2, 0) is 16.6 Å². The number of aliphatic hydroxyl groups is 1. The number of nitrogens with one attached hydrogen (secondary N) is 1. The summed E-state index contributed by atoms with van der Waals surface area (Å²) in [6.45, 7) is 1.89. The number of hydrogen-bond acceptors (Lipinski definition) is 5. The summed E-state index contributed by atoms with van der Waals surface area (Å²) < 4.78 is 27.1. The number of aliphatic hydroxyl groups excluding tert-OH is 1. The molecule has 5 nitrogen and oxygen atoms in total. The first-order valence-corrected chi connectivity index (χ1v) is 8.96. The van der Waals surface area contributed by atoms with Crippen LogP contribution in [0.15, 0.2) is 34.7 Å². The van der Waals surface area contributed by atoms with Crippen molar-refractivity contribution in [3.63, 3.8) is 0 Å². The molecule has 0 bridgehead atoms. The van der Waals surface area contributed by atoms with E-state index in [-0.39, 0.29) is 29.0 Å². The van der Waals surface area contributed by atoms with E-state index in [9.17, 15) is 8.42 Å². The summed E-state index contributed by atoms with van der Waals surface area (Å²) in [5.74, 6) is -0.0282. The second-order valence-electron chi connectivity index (χ2n) is 4.55. The lowest BCUT2D eigenvalue weighted by Crippen LogP contribution is -2.28. The molecule has 1 unspecified atom stereocenters. The van der Waals surface area contributed by atoms with Gasteiger partial charge in [-0.05, 0) is 17.7 Å². The zero-order chi connectivity index (χ0) is 15.5. The summed E-state index contributed by atoms with van der Waals surface area (Å²) in [6.07, 6.45) is 1.69. The van der Waals surface area contributed by atoms with Crippen molar-refractivity contribution < 1.29 is 13.5 Å². The minimum atomic E-state index is -3.73. The molecule has 21 heavy (non-hydrogen) atoms. The maximum absolute atomic E-state index is 12.3. The number of sulfonamides is 1. The van der Waals surface area contributed by atoms with Gasteiger partial charge in [0.15, 0.2) is 0 Å². The van der Waals surface area contributed by atoms with Crippen LogP contribution in [0.3, 0.4) is 0 Å². The van der Waals surface area contributed by atoms with Crippen LogP contribution < -0.4 is 4.72 Å². The monoisotopic (exact) mass is 346 g/mol. The van der Waals surface area contributed by atoms with Crippen LogP contribution in [0.5, 0.6) is 0 Å². The van der Waals surface area contributed by atoms with E-state index in [4.69, 9.17) is 16.7 Å². The van der Waals surface area contributed by atoms with E-state index in [1.165, 1.54) is 23.5 Å². The highest BCUT2D eigenvalue weighted by atomic mass is 35.5. The van der Waals surface area contributed by atoms with Crippen molar-refractivity contribution in [1.82, 2.24) is 9.71 Å². The van der Waals surface area contributed by atoms with Crippen molar-refractivity contribution in [3.05, 3.63) is 45.4 Å². The Morgan fingerprint density at radius 1 is 1.48 bits per heavy atom. The second-order valence-corrected chi connectivity index (χ2v) is 7.61. The van der Waals surface area contributed by atoms with Gasteiger partial charge in [0, 0.05) is 24.0 Å². The zero-order valence-corrected chi connectivity index (χ0v) is 13.7. The first-order chi connectivity index (χ1) is 9.94. The van der Waals surface area contributed by atoms with Gasteiger partial charge < -0.3 is 5.11 Å². The normalized spacial score (nSPS) is 13.3. The van der Waals surface area contributed by atoms with Gasteiger partial charge in [-0.2, -0.15) is 0 Å². The number of halogens is 1. The van der Waals surface area contributed by atoms with E-state index in [1.54, 1.807) is 12.3 Å². The molecular weight excluding hydrogens is 332 g/mol. The van der Waals surface area contributed by atoms with Gasteiger partial charge in [0.2, 0.25) is 10.0 Å². The van der Waals surface area contributed by atoms with Crippen LogP contribution in [0, 0.1) is 0 Å². The number of aromatic nitrogens is 1. The molecule has 0 aliphatic rings. The van der Waals surface area contributed by atoms with Gasteiger partial charge in [0.1, 0.15) is 4.90 Å². The lowest BCUT2D eigenvalue weighted by molar-refractivity contribution is 0.281. The second kappa shape index (κ2) is 6.85. The highest BCUT2D eigenvalue weighted by molar-refractivity contribution is 7.89. The van der Waals surface area contributed by atoms with Gasteiger partial charge in [-0.15, -0.1) is 11.3 Å². The van der Waals surface area contributed by atoms with E-state index in [0.29, 0.717) is 5.56 Å². The van der Waals surface area contributed by atoms with Crippen molar-refractivity contribution in [2.24, 2.45) is 0 Å². The molecule has 1 heterocycles. The van der Waals surface area contributed by atoms with E-state index in [2.05, 4.69) is 9.71 Å². The molecule has 0 saturated heterocycles. The molecule has 0 aliphatic carbocycles. The fourth-order valence-corrected chi connectivity index (χ4v) is 4.11. The third kappa shape index (κ3) is 4.02. The Labute approximate surface area is 132 Å². The van der Waals surface area contributed by atoms with Crippen molar-refractivity contribution in [3.8, 4) is 0 Å². The van der Waals surface area contributed by atoms with Crippen molar-refractivity contribution in [1.29, 1.82) is 0 Å². The van der Waals surface area contributed by atoms with E-state index >= 15 is 0 Å². The third-order valence-corrected chi connectivity index (χ3v) is 5.83. The summed E-state index contributed by atoms with van der Waals surface area (Å²) in [7, 11) is -3.73. The van der Waals surface area contributed by atoms with Crippen LogP contribution in [0.1, 0.15) is 23.4 Å². The topological polar surface area (TPSA) is 79.3 Å². The molecule has 0 saturated carbocycles. The largest absolute Gasteiger partial charge is 0.392 e. The molecule has 2 N–H and O–H groups in total. The van der Waals surface area contributed by atoms with Gasteiger partial charge in [-0.25, -0.2) is 18.1 Å². The first-order valence-electron chi connectivity index (χ1n) is 6.22. The van der Waals surface area contributed by atoms with Gasteiger partial charge in [0.25, 0.3) is 0 Å². The lowest BCUT2D eigenvalue weighted by atomic mass is 10.2. The summed E-state index contributed by atoms with van der Waals surface area (Å²) in [5.41, 5.74) is 0.493. The summed E-state index contributed by atoms with van der Waals surface area (Å²) in [5, 5.41) is 11.9. The maximum Gasteiger partial charge on any atom is 0.242 e. The van der Waals surface area contributed by atoms with Crippen LogP contribution in [0.4, 0.5) is 0 Å². The maximum atomic E-state index is 12.3. The highest BCUT2D eigenvalue weighted by Crippen LogP contribution is 2.23. The zero-order valence-electron chi connectivity index (χ0n) is 11.3. The Bertz CT molecular complexity index is 702. The number of nitrogens with zero attached hydrogens (tertiary/aromatic N) is 1. The predicted molar refractivity (Wildman–Crippen MR) is 83.1 cm³/mol. The number of rotatable bonds is 6. The van der Waals surface area contributed by atoms with Crippen molar-refractivity contribution in [2.75, 3.05) is 6.54 Å². The number of benzene rings is 1. The van der Waals surface area contributed by atoms with Crippen LogP contribution in [0.25, 0.3) is 0 Å². The van der Waals surface area contributed by atoms with E-state index < -0.39 is 10.0 Å². The molecule has 0 spiro atoms. The van der Waals surface area contributed by atoms with Crippen LogP contribution >= 0.6 is 22.9 Å². The fourth-order valence-electron chi connectivity index (χ4n) is 1.73. The molecule has 114 valence electrons. The molecule has 2 rings (SSSR count). The predicted octanol–water partition coefficient (Wildman–Crippen LogP) is 2.37. The number of thiazole rings is 1. The molecule has 1 atom stereocenters. The van der Waals surface area contributed by atoms with Crippen LogP contribution in [0.2, 0.25) is 5.02 Å². The lowest BCUT2D eigenvalue weighted by Gasteiger charge is -2.12. The average Bonchev–Trinajstić information content (AvgIpc) is 2.99. The molecule has 2 aromatic rings. The molecule has 0 radical (unpaired) electrons. The van der Waals surface area contributed by atoms with E-state index in [1.807, 2.05) is 12.3 Å². The Balaban J connectivity index is 2.15. The quantitative estimate of drug-likeness (QED) is 0.841. The van der Waals surface area contributed by atoms with E-state index in [0.717, 1.165) is 5.01 Å². The Morgan fingerprint density at radius 2 is 2.24 bits per heavy atom. The average molecular weight is 347 g/mol. The highest BCUT2D eigenvalue weighted by Gasteiger charge is 2.20. The molecule has 8 heteroatoms. The summed E-state index contributed by atoms with van der Waals surface area (Å²) >= 11 is 7.42. The minimum Gasteiger partial charge on any atom is -0.392 e. The Kier molecular flexibility index (Phi) is 5.34.